The minimum atomic E-state index is -0.358. The van der Waals surface area contributed by atoms with Gasteiger partial charge < -0.3 is 0 Å². The number of carbonyl (C=O) groups excluding carboxylic acids is 1. The van der Waals surface area contributed by atoms with Crippen molar-refractivity contribution in [3.05, 3.63) is 108 Å². The van der Waals surface area contributed by atoms with Crippen LogP contribution in [0.3, 0.4) is 0 Å². The van der Waals surface area contributed by atoms with Crippen LogP contribution in [0.15, 0.2) is 90.1 Å². The van der Waals surface area contributed by atoms with E-state index in [0.717, 1.165) is 17.1 Å². The highest BCUT2D eigenvalue weighted by Crippen LogP contribution is 2.24. The third kappa shape index (κ3) is 4.60. The monoisotopic (exact) mass is 403 g/mol. The van der Waals surface area contributed by atoms with Crippen molar-refractivity contribution in [2.75, 3.05) is 5.75 Å². The van der Waals surface area contributed by atoms with E-state index in [0.29, 0.717) is 17.1 Å². The van der Waals surface area contributed by atoms with E-state index in [1.54, 1.807) is 0 Å². The molecule has 0 spiro atoms. The molecule has 0 saturated heterocycles. The first-order chi connectivity index (χ1) is 14.2. The van der Waals surface area contributed by atoms with E-state index in [1.807, 2.05) is 53.1 Å². The Bertz CT molecular complexity index is 1100. The molecule has 0 saturated carbocycles. The number of benzene rings is 3. The van der Waals surface area contributed by atoms with E-state index in [-0.39, 0.29) is 17.4 Å². The molecule has 0 N–H and O–H groups in total. The van der Waals surface area contributed by atoms with Crippen molar-refractivity contribution < 1.29 is 9.18 Å². The number of hydrogen-bond donors (Lipinski definition) is 0. The Hall–Kier alpha value is -3.25. The SMILES string of the molecule is O=C(CSc1nnc(Cc2ccccc2)n1-c1ccccc1)c1ccc(F)cc1. The molecule has 0 aliphatic rings. The number of ketones is 1. The van der Waals surface area contributed by atoms with Gasteiger partial charge in [-0.15, -0.1) is 10.2 Å². The third-order valence-electron chi connectivity index (χ3n) is 4.42. The lowest BCUT2D eigenvalue weighted by molar-refractivity contribution is 0.102. The first kappa shape index (κ1) is 19.1. The van der Waals surface area contributed by atoms with Gasteiger partial charge in [0.25, 0.3) is 0 Å². The minimum absolute atomic E-state index is 0.0813. The maximum absolute atomic E-state index is 13.1. The summed E-state index contributed by atoms with van der Waals surface area (Å²) in [6.45, 7) is 0. The van der Waals surface area contributed by atoms with Gasteiger partial charge in [0.2, 0.25) is 0 Å². The number of hydrogen-bond acceptors (Lipinski definition) is 4. The fourth-order valence-corrected chi connectivity index (χ4v) is 3.84. The molecular weight excluding hydrogens is 385 g/mol. The van der Waals surface area contributed by atoms with Gasteiger partial charge in [-0.2, -0.15) is 0 Å². The second-order valence-corrected chi connectivity index (χ2v) is 7.39. The Morgan fingerprint density at radius 3 is 2.21 bits per heavy atom. The van der Waals surface area contributed by atoms with Gasteiger partial charge in [-0.3, -0.25) is 9.36 Å². The summed E-state index contributed by atoms with van der Waals surface area (Å²) in [5.41, 5.74) is 2.56. The molecule has 0 bridgehead atoms. The first-order valence-corrected chi connectivity index (χ1v) is 10.1. The summed E-state index contributed by atoms with van der Waals surface area (Å²) in [7, 11) is 0. The van der Waals surface area contributed by atoms with Crippen molar-refractivity contribution in [2.24, 2.45) is 0 Å². The fraction of sp³-hybridized carbons (Fsp3) is 0.0870. The summed E-state index contributed by atoms with van der Waals surface area (Å²) in [5, 5.41) is 9.36. The van der Waals surface area contributed by atoms with Gasteiger partial charge in [-0.25, -0.2) is 4.39 Å². The summed E-state index contributed by atoms with van der Waals surface area (Å²) in [6.07, 6.45) is 0.634. The van der Waals surface area contributed by atoms with Crippen LogP contribution in [-0.4, -0.2) is 26.3 Å². The Morgan fingerprint density at radius 2 is 1.52 bits per heavy atom. The zero-order valence-corrected chi connectivity index (χ0v) is 16.3. The number of halogens is 1. The van der Waals surface area contributed by atoms with Gasteiger partial charge in [0.15, 0.2) is 10.9 Å². The second-order valence-electron chi connectivity index (χ2n) is 6.45. The molecule has 0 aliphatic heterocycles. The van der Waals surface area contributed by atoms with Crippen molar-refractivity contribution in [1.82, 2.24) is 14.8 Å². The van der Waals surface area contributed by atoms with Gasteiger partial charge in [-0.05, 0) is 42.0 Å². The number of carbonyl (C=O) groups is 1. The molecule has 3 aromatic carbocycles. The molecule has 0 unspecified atom stereocenters. The summed E-state index contributed by atoms with van der Waals surface area (Å²) >= 11 is 1.33. The van der Waals surface area contributed by atoms with Gasteiger partial charge in [0, 0.05) is 17.7 Å². The van der Waals surface area contributed by atoms with Crippen LogP contribution in [0.5, 0.6) is 0 Å². The van der Waals surface area contributed by atoms with E-state index in [2.05, 4.69) is 22.3 Å². The maximum atomic E-state index is 13.1. The second kappa shape index (κ2) is 8.84. The summed E-state index contributed by atoms with van der Waals surface area (Å²) < 4.78 is 15.1. The summed E-state index contributed by atoms with van der Waals surface area (Å²) in [4.78, 5) is 12.5. The predicted octanol–water partition coefficient (Wildman–Crippen LogP) is 4.97. The topological polar surface area (TPSA) is 47.8 Å². The molecule has 4 rings (SSSR count). The molecule has 144 valence electrons. The molecule has 0 amide bonds. The highest BCUT2D eigenvalue weighted by atomic mass is 32.2. The van der Waals surface area contributed by atoms with Crippen molar-refractivity contribution in [3.8, 4) is 5.69 Å². The molecular formula is C23H18FN3OS. The van der Waals surface area contributed by atoms with Gasteiger partial charge in [-0.1, -0.05) is 60.3 Å². The molecule has 1 heterocycles. The van der Waals surface area contributed by atoms with Crippen LogP contribution in [-0.2, 0) is 6.42 Å². The number of Topliss-reactive ketones (excluding diaryl/α,β-unsaturated/α-hetero) is 1. The Morgan fingerprint density at radius 1 is 0.862 bits per heavy atom. The van der Waals surface area contributed by atoms with Crippen molar-refractivity contribution in [3.63, 3.8) is 0 Å². The van der Waals surface area contributed by atoms with Crippen LogP contribution in [0.4, 0.5) is 4.39 Å². The van der Waals surface area contributed by atoms with Gasteiger partial charge in [0.05, 0.1) is 5.75 Å². The van der Waals surface area contributed by atoms with Crippen LogP contribution >= 0.6 is 11.8 Å². The average molecular weight is 403 g/mol. The fourth-order valence-electron chi connectivity index (χ4n) is 2.97. The van der Waals surface area contributed by atoms with Crippen molar-refractivity contribution in [2.45, 2.75) is 11.6 Å². The maximum Gasteiger partial charge on any atom is 0.196 e. The number of para-hydroxylation sites is 1. The van der Waals surface area contributed by atoms with Crippen LogP contribution in [0.1, 0.15) is 21.7 Å². The normalized spacial score (nSPS) is 10.8. The Kier molecular flexibility index (Phi) is 5.81. The van der Waals surface area contributed by atoms with Gasteiger partial charge in [0.1, 0.15) is 11.6 Å². The highest BCUT2D eigenvalue weighted by molar-refractivity contribution is 7.99. The standard InChI is InChI=1S/C23H18FN3OS/c24-19-13-11-18(12-14-19)21(28)16-29-23-26-25-22(15-17-7-3-1-4-8-17)27(23)20-9-5-2-6-10-20/h1-14H,15-16H2. The molecule has 0 aliphatic carbocycles. The summed E-state index contributed by atoms with van der Waals surface area (Å²) in [6, 6.07) is 25.5. The third-order valence-corrected chi connectivity index (χ3v) is 5.35. The molecule has 4 nitrogen and oxygen atoms in total. The number of aromatic nitrogens is 3. The van der Waals surface area contributed by atoms with E-state index in [4.69, 9.17) is 0 Å². The van der Waals surface area contributed by atoms with Crippen LogP contribution in [0, 0.1) is 5.82 Å². The number of rotatable bonds is 7. The number of nitrogens with zero attached hydrogens (tertiary/aromatic N) is 3. The van der Waals surface area contributed by atoms with E-state index in [9.17, 15) is 9.18 Å². The molecule has 4 aromatic rings. The lowest BCUT2D eigenvalue weighted by atomic mass is 10.1. The van der Waals surface area contributed by atoms with Crippen LogP contribution in [0.25, 0.3) is 5.69 Å². The van der Waals surface area contributed by atoms with Crippen molar-refractivity contribution >= 4 is 17.5 Å². The number of thioether (sulfide) groups is 1. The lowest BCUT2D eigenvalue weighted by Gasteiger charge is -2.10. The average Bonchev–Trinajstić information content (AvgIpc) is 3.16. The Balaban J connectivity index is 1.59. The largest absolute Gasteiger partial charge is 0.293 e. The zero-order chi connectivity index (χ0) is 20.1. The Labute approximate surface area is 172 Å². The van der Waals surface area contributed by atoms with E-state index in [1.165, 1.54) is 36.0 Å². The molecule has 29 heavy (non-hydrogen) atoms. The molecule has 1 aromatic heterocycles. The van der Waals surface area contributed by atoms with Gasteiger partial charge >= 0.3 is 0 Å². The first-order valence-electron chi connectivity index (χ1n) is 9.16. The van der Waals surface area contributed by atoms with E-state index < -0.39 is 0 Å². The molecule has 0 atom stereocenters. The smallest absolute Gasteiger partial charge is 0.196 e. The highest BCUT2D eigenvalue weighted by Gasteiger charge is 2.16. The summed E-state index contributed by atoms with van der Waals surface area (Å²) in [5.74, 6) is 0.562. The van der Waals surface area contributed by atoms with Crippen LogP contribution < -0.4 is 0 Å². The lowest BCUT2D eigenvalue weighted by Crippen LogP contribution is -2.06. The van der Waals surface area contributed by atoms with Crippen LogP contribution in [0.2, 0.25) is 0 Å². The van der Waals surface area contributed by atoms with Crippen molar-refractivity contribution in [1.29, 1.82) is 0 Å². The molecule has 0 fully saturated rings. The zero-order valence-electron chi connectivity index (χ0n) is 15.5. The minimum Gasteiger partial charge on any atom is -0.293 e. The quantitative estimate of drug-likeness (QED) is 0.323. The predicted molar refractivity (Wildman–Crippen MR) is 112 cm³/mol. The molecule has 6 heteroatoms. The van der Waals surface area contributed by atoms with E-state index >= 15 is 0 Å². The molecule has 0 radical (unpaired) electrons.